The van der Waals surface area contributed by atoms with Gasteiger partial charge >= 0.3 is 5.97 Å². The summed E-state index contributed by atoms with van der Waals surface area (Å²) in [6, 6.07) is 4.15. The Morgan fingerprint density at radius 3 is 2.95 bits per heavy atom. The van der Waals surface area contributed by atoms with Gasteiger partial charge in [-0.15, -0.1) is 0 Å². The molecule has 0 aliphatic carbocycles. The maximum atomic E-state index is 11.7. The summed E-state index contributed by atoms with van der Waals surface area (Å²) in [5.41, 5.74) is 0.623. The lowest BCUT2D eigenvalue weighted by molar-refractivity contribution is -0.145. The second-order valence-electron chi connectivity index (χ2n) is 5.19. The average molecular weight is 294 g/mol. The third kappa shape index (κ3) is 3.46. The van der Waals surface area contributed by atoms with Crippen LogP contribution < -0.4 is 10.1 Å². The SMILES string of the molecule is CCOc1cc(C(C(=O)O)N2CCNCC2C)ccc1O. The first-order valence-corrected chi connectivity index (χ1v) is 7.19. The lowest BCUT2D eigenvalue weighted by Crippen LogP contribution is -2.52. The Balaban J connectivity index is 2.33. The summed E-state index contributed by atoms with van der Waals surface area (Å²) in [5, 5.41) is 22.6. The van der Waals surface area contributed by atoms with Gasteiger partial charge < -0.3 is 20.3 Å². The first-order chi connectivity index (χ1) is 10.0. The van der Waals surface area contributed by atoms with Gasteiger partial charge in [-0.3, -0.25) is 9.69 Å². The summed E-state index contributed by atoms with van der Waals surface area (Å²) < 4.78 is 5.35. The second-order valence-corrected chi connectivity index (χ2v) is 5.19. The van der Waals surface area contributed by atoms with Crippen LogP contribution in [-0.2, 0) is 4.79 Å². The highest BCUT2D eigenvalue weighted by Gasteiger charge is 2.32. The van der Waals surface area contributed by atoms with E-state index in [0.29, 0.717) is 24.5 Å². The monoisotopic (exact) mass is 294 g/mol. The Hall–Kier alpha value is -1.79. The van der Waals surface area contributed by atoms with Crippen LogP contribution >= 0.6 is 0 Å². The van der Waals surface area contributed by atoms with Crippen LogP contribution in [0.1, 0.15) is 25.5 Å². The molecule has 1 aliphatic heterocycles. The minimum Gasteiger partial charge on any atom is -0.504 e. The maximum absolute atomic E-state index is 11.7. The summed E-state index contributed by atoms with van der Waals surface area (Å²) in [7, 11) is 0. The molecule has 2 unspecified atom stereocenters. The number of phenolic OH excluding ortho intramolecular Hbond substituents is 1. The number of hydrogen-bond acceptors (Lipinski definition) is 5. The van der Waals surface area contributed by atoms with Crippen molar-refractivity contribution in [1.82, 2.24) is 10.2 Å². The second kappa shape index (κ2) is 6.78. The number of carbonyl (C=O) groups is 1. The summed E-state index contributed by atoms with van der Waals surface area (Å²) >= 11 is 0. The first-order valence-electron chi connectivity index (χ1n) is 7.19. The Morgan fingerprint density at radius 1 is 1.57 bits per heavy atom. The van der Waals surface area contributed by atoms with Crippen LogP contribution in [0.5, 0.6) is 11.5 Å². The molecule has 0 amide bonds. The van der Waals surface area contributed by atoms with Crippen LogP contribution in [0.2, 0.25) is 0 Å². The molecule has 0 radical (unpaired) electrons. The van der Waals surface area contributed by atoms with E-state index >= 15 is 0 Å². The predicted octanol–water partition coefficient (Wildman–Crippen LogP) is 1.21. The van der Waals surface area contributed by atoms with E-state index in [0.717, 1.165) is 13.1 Å². The number of aromatic hydroxyl groups is 1. The number of carboxylic acids is 1. The van der Waals surface area contributed by atoms with Crippen LogP contribution in [0.3, 0.4) is 0 Å². The average Bonchev–Trinajstić information content (AvgIpc) is 2.44. The summed E-state index contributed by atoms with van der Waals surface area (Å²) in [6.45, 7) is 6.44. The Labute approximate surface area is 124 Å². The molecule has 1 aromatic rings. The van der Waals surface area contributed by atoms with E-state index in [1.165, 1.54) is 6.07 Å². The highest BCUT2D eigenvalue weighted by molar-refractivity contribution is 5.76. The van der Waals surface area contributed by atoms with E-state index in [4.69, 9.17) is 4.74 Å². The molecule has 6 nitrogen and oxygen atoms in total. The summed E-state index contributed by atoms with van der Waals surface area (Å²) in [5.74, 6) is -0.543. The molecule has 1 heterocycles. The molecule has 3 N–H and O–H groups in total. The predicted molar refractivity (Wildman–Crippen MR) is 78.7 cm³/mol. The van der Waals surface area contributed by atoms with Crippen molar-refractivity contribution in [3.63, 3.8) is 0 Å². The van der Waals surface area contributed by atoms with Gasteiger partial charge in [0.25, 0.3) is 0 Å². The number of carboxylic acid groups (broad SMARTS) is 1. The molecule has 0 aromatic heterocycles. The number of phenols is 1. The van der Waals surface area contributed by atoms with Gasteiger partial charge in [-0.2, -0.15) is 0 Å². The zero-order valence-electron chi connectivity index (χ0n) is 12.4. The van der Waals surface area contributed by atoms with Gasteiger partial charge in [-0.25, -0.2) is 0 Å². The summed E-state index contributed by atoms with van der Waals surface area (Å²) in [4.78, 5) is 13.7. The van der Waals surface area contributed by atoms with Crippen LogP contribution in [-0.4, -0.2) is 53.4 Å². The molecule has 21 heavy (non-hydrogen) atoms. The number of hydrogen-bond donors (Lipinski definition) is 3. The lowest BCUT2D eigenvalue weighted by atomic mass is 10.0. The number of aliphatic carboxylic acids is 1. The quantitative estimate of drug-likeness (QED) is 0.757. The molecule has 116 valence electrons. The number of nitrogens with one attached hydrogen (secondary N) is 1. The molecule has 1 aliphatic rings. The first kappa shape index (κ1) is 15.6. The van der Waals surface area contributed by atoms with E-state index in [2.05, 4.69) is 5.32 Å². The van der Waals surface area contributed by atoms with Gasteiger partial charge in [-0.05, 0) is 31.5 Å². The molecule has 2 rings (SSSR count). The molecule has 2 atom stereocenters. The molecule has 1 fully saturated rings. The minimum atomic E-state index is -0.892. The largest absolute Gasteiger partial charge is 0.504 e. The Morgan fingerprint density at radius 2 is 2.33 bits per heavy atom. The third-order valence-electron chi connectivity index (χ3n) is 3.72. The van der Waals surface area contributed by atoms with Crippen molar-refractivity contribution in [2.45, 2.75) is 25.9 Å². The number of nitrogens with zero attached hydrogens (tertiary/aromatic N) is 1. The number of piperazine rings is 1. The van der Waals surface area contributed by atoms with Crippen LogP contribution in [0, 0.1) is 0 Å². The van der Waals surface area contributed by atoms with Crippen LogP contribution in [0.15, 0.2) is 18.2 Å². The molecule has 1 saturated heterocycles. The smallest absolute Gasteiger partial charge is 0.325 e. The zero-order valence-corrected chi connectivity index (χ0v) is 12.4. The van der Waals surface area contributed by atoms with Crippen molar-refractivity contribution in [3.05, 3.63) is 23.8 Å². The fraction of sp³-hybridized carbons (Fsp3) is 0.533. The van der Waals surface area contributed by atoms with E-state index in [1.54, 1.807) is 12.1 Å². The standard InChI is InChI=1S/C15H22N2O4/c1-3-21-13-8-11(4-5-12(13)18)14(15(19)20)17-7-6-16-9-10(17)2/h4-5,8,10,14,16,18H,3,6-7,9H2,1-2H3,(H,19,20). The molecule has 0 spiro atoms. The van der Waals surface area contributed by atoms with Crippen molar-refractivity contribution >= 4 is 5.97 Å². The molecule has 0 bridgehead atoms. The fourth-order valence-corrected chi connectivity index (χ4v) is 2.69. The molecular weight excluding hydrogens is 272 g/mol. The normalized spacial score (nSPS) is 21.0. The van der Waals surface area contributed by atoms with Crippen molar-refractivity contribution < 1.29 is 19.7 Å². The van der Waals surface area contributed by atoms with E-state index in [9.17, 15) is 15.0 Å². The van der Waals surface area contributed by atoms with E-state index in [1.807, 2.05) is 18.7 Å². The van der Waals surface area contributed by atoms with Gasteiger partial charge in [0, 0.05) is 25.7 Å². The van der Waals surface area contributed by atoms with Gasteiger partial charge in [-0.1, -0.05) is 6.07 Å². The van der Waals surface area contributed by atoms with Crippen molar-refractivity contribution in [3.8, 4) is 11.5 Å². The fourth-order valence-electron chi connectivity index (χ4n) is 2.69. The number of benzene rings is 1. The third-order valence-corrected chi connectivity index (χ3v) is 3.72. The lowest BCUT2D eigenvalue weighted by Gasteiger charge is -2.38. The van der Waals surface area contributed by atoms with Gasteiger partial charge in [0.2, 0.25) is 0 Å². The molecule has 0 saturated carbocycles. The van der Waals surface area contributed by atoms with Crippen molar-refractivity contribution in [2.75, 3.05) is 26.2 Å². The molecule has 1 aromatic carbocycles. The van der Waals surface area contributed by atoms with E-state index < -0.39 is 12.0 Å². The van der Waals surface area contributed by atoms with E-state index in [-0.39, 0.29) is 11.8 Å². The van der Waals surface area contributed by atoms with Crippen LogP contribution in [0.25, 0.3) is 0 Å². The van der Waals surface area contributed by atoms with Crippen molar-refractivity contribution in [2.24, 2.45) is 0 Å². The van der Waals surface area contributed by atoms with Gasteiger partial charge in [0.05, 0.1) is 6.61 Å². The summed E-state index contributed by atoms with van der Waals surface area (Å²) in [6.07, 6.45) is 0. The minimum absolute atomic E-state index is 0.0260. The van der Waals surface area contributed by atoms with Crippen LogP contribution in [0.4, 0.5) is 0 Å². The zero-order chi connectivity index (χ0) is 15.4. The number of ether oxygens (including phenoxy) is 1. The number of rotatable bonds is 5. The maximum Gasteiger partial charge on any atom is 0.325 e. The topological polar surface area (TPSA) is 82.0 Å². The highest BCUT2D eigenvalue weighted by atomic mass is 16.5. The van der Waals surface area contributed by atoms with Gasteiger partial charge in [0.1, 0.15) is 6.04 Å². The Bertz CT molecular complexity index is 506. The van der Waals surface area contributed by atoms with Gasteiger partial charge in [0.15, 0.2) is 11.5 Å². The highest BCUT2D eigenvalue weighted by Crippen LogP contribution is 2.32. The molecular formula is C15H22N2O4. The van der Waals surface area contributed by atoms with Crippen molar-refractivity contribution in [1.29, 1.82) is 0 Å². The Kier molecular flexibility index (Phi) is 5.03. The molecule has 6 heteroatoms.